The fourth-order valence-corrected chi connectivity index (χ4v) is 2.28. The van der Waals surface area contributed by atoms with Crippen molar-refractivity contribution in [3.63, 3.8) is 0 Å². The lowest BCUT2D eigenvalue weighted by Crippen LogP contribution is -2.12. The van der Waals surface area contributed by atoms with Gasteiger partial charge in [-0.2, -0.15) is 0 Å². The summed E-state index contributed by atoms with van der Waals surface area (Å²) < 4.78 is 0. The Labute approximate surface area is 109 Å². The van der Waals surface area contributed by atoms with Gasteiger partial charge in [0.1, 0.15) is 5.82 Å². The minimum atomic E-state index is 0.326. The van der Waals surface area contributed by atoms with E-state index in [1.807, 2.05) is 11.6 Å². The molecule has 1 atom stereocenters. The highest BCUT2D eigenvalue weighted by Gasteiger charge is 2.09. The number of hydrogen-bond donors (Lipinski definition) is 2. The van der Waals surface area contributed by atoms with Crippen LogP contribution in [0.15, 0.2) is 23.8 Å². The maximum atomic E-state index is 5.80. The second-order valence-corrected chi connectivity index (χ2v) is 5.11. The summed E-state index contributed by atoms with van der Waals surface area (Å²) in [4.78, 5) is 8.42. The van der Waals surface area contributed by atoms with E-state index in [0.29, 0.717) is 22.4 Å². The number of hydrogen-bond acceptors (Lipinski definition) is 5. The first-order valence-corrected chi connectivity index (χ1v) is 6.47. The highest BCUT2D eigenvalue weighted by Crippen LogP contribution is 2.22. The van der Waals surface area contributed by atoms with E-state index in [4.69, 9.17) is 17.3 Å². The normalized spacial score (nSPS) is 12.4. The number of nitrogens with one attached hydrogen (secondary N) is 1. The van der Waals surface area contributed by atoms with E-state index in [9.17, 15) is 0 Å². The van der Waals surface area contributed by atoms with Crippen LogP contribution in [0.2, 0.25) is 5.02 Å². The van der Waals surface area contributed by atoms with Gasteiger partial charge in [-0.1, -0.05) is 18.5 Å². The van der Waals surface area contributed by atoms with Crippen LogP contribution in [0.3, 0.4) is 0 Å². The predicted octanol–water partition coefficient (Wildman–Crippen LogP) is 2.99. The number of anilines is 2. The summed E-state index contributed by atoms with van der Waals surface area (Å²) in [5, 5.41) is 6.82. The third-order valence-electron chi connectivity index (χ3n) is 2.33. The highest BCUT2D eigenvalue weighted by atomic mass is 35.5. The molecule has 0 amide bonds. The zero-order chi connectivity index (χ0) is 12.3. The first kappa shape index (κ1) is 12.1. The maximum absolute atomic E-state index is 5.80. The van der Waals surface area contributed by atoms with Gasteiger partial charge in [-0.15, -0.1) is 11.3 Å². The molecule has 2 heterocycles. The summed E-state index contributed by atoms with van der Waals surface area (Å²) in [7, 11) is 0. The third kappa shape index (κ3) is 3.08. The van der Waals surface area contributed by atoms with Gasteiger partial charge in [-0.05, 0) is 6.07 Å². The molecule has 90 valence electrons. The zero-order valence-corrected chi connectivity index (χ0v) is 10.9. The van der Waals surface area contributed by atoms with E-state index in [2.05, 4.69) is 22.2 Å². The van der Waals surface area contributed by atoms with Crippen molar-refractivity contribution in [2.75, 3.05) is 17.6 Å². The fourth-order valence-electron chi connectivity index (χ4n) is 1.42. The van der Waals surface area contributed by atoms with Gasteiger partial charge in [0, 0.05) is 30.2 Å². The Morgan fingerprint density at radius 2 is 2.35 bits per heavy atom. The van der Waals surface area contributed by atoms with Crippen molar-refractivity contribution in [2.45, 2.75) is 12.8 Å². The Morgan fingerprint density at radius 1 is 1.53 bits per heavy atom. The molecule has 0 aromatic carbocycles. The molecule has 2 aromatic heterocycles. The Bertz CT molecular complexity index is 486. The van der Waals surface area contributed by atoms with Crippen LogP contribution in [-0.4, -0.2) is 16.5 Å². The monoisotopic (exact) mass is 268 g/mol. The summed E-state index contributed by atoms with van der Waals surface area (Å²) in [6.45, 7) is 2.85. The first-order chi connectivity index (χ1) is 8.16. The van der Waals surface area contributed by atoms with Crippen molar-refractivity contribution in [1.29, 1.82) is 0 Å². The summed E-state index contributed by atoms with van der Waals surface area (Å²) in [5.74, 6) is 0.990. The summed E-state index contributed by atoms with van der Waals surface area (Å²) in [6.07, 6.45) is 3.39. The number of rotatable bonds is 4. The van der Waals surface area contributed by atoms with Gasteiger partial charge in [0.2, 0.25) is 0 Å². The average molecular weight is 269 g/mol. The van der Waals surface area contributed by atoms with Crippen LogP contribution >= 0.6 is 22.9 Å². The predicted molar refractivity (Wildman–Crippen MR) is 72.7 cm³/mol. The average Bonchev–Trinajstić information content (AvgIpc) is 2.81. The molecule has 3 N–H and O–H groups in total. The summed E-state index contributed by atoms with van der Waals surface area (Å²) in [5.41, 5.74) is 6.36. The minimum absolute atomic E-state index is 0.326. The van der Waals surface area contributed by atoms with Gasteiger partial charge in [-0.25, -0.2) is 9.97 Å². The van der Waals surface area contributed by atoms with Crippen LogP contribution in [0, 0.1) is 0 Å². The van der Waals surface area contributed by atoms with Crippen molar-refractivity contribution in [1.82, 2.24) is 9.97 Å². The van der Waals surface area contributed by atoms with Crippen LogP contribution in [0.5, 0.6) is 0 Å². The molecule has 0 radical (unpaired) electrons. The largest absolute Gasteiger partial charge is 0.396 e. The fraction of sp³-hybridized carbons (Fsp3) is 0.273. The number of halogens is 1. The smallest absolute Gasteiger partial charge is 0.149 e. The van der Waals surface area contributed by atoms with Crippen molar-refractivity contribution in [3.8, 4) is 0 Å². The van der Waals surface area contributed by atoms with Crippen LogP contribution in [0.1, 0.15) is 17.8 Å². The molecule has 0 aliphatic heterocycles. The molecule has 17 heavy (non-hydrogen) atoms. The van der Waals surface area contributed by atoms with E-state index < -0.39 is 0 Å². The van der Waals surface area contributed by atoms with Gasteiger partial charge in [0.05, 0.1) is 15.7 Å². The quantitative estimate of drug-likeness (QED) is 0.895. The van der Waals surface area contributed by atoms with Crippen molar-refractivity contribution in [2.24, 2.45) is 0 Å². The van der Waals surface area contributed by atoms with Gasteiger partial charge >= 0.3 is 0 Å². The molecule has 0 saturated heterocycles. The number of nitrogens with zero attached hydrogens (tertiary/aromatic N) is 2. The minimum Gasteiger partial charge on any atom is -0.396 e. The molecule has 0 aliphatic rings. The highest BCUT2D eigenvalue weighted by molar-refractivity contribution is 7.09. The molecule has 2 rings (SSSR count). The van der Waals surface area contributed by atoms with Gasteiger partial charge in [-0.3, -0.25) is 0 Å². The second-order valence-electron chi connectivity index (χ2n) is 3.74. The van der Waals surface area contributed by atoms with Crippen LogP contribution < -0.4 is 11.1 Å². The van der Waals surface area contributed by atoms with E-state index >= 15 is 0 Å². The van der Waals surface area contributed by atoms with Gasteiger partial charge < -0.3 is 11.1 Å². The molecule has 0 fully saturated rings. The standard InChI is InChI=1S/C11H13ClN4S/c1-7(11-14-2-3-17-11)5-15-10-9(13)4-8(12)6-16-10/h2-4,6-7H,5,13H2,1H3,(H,15,16). The first-order valence-electron chi connectivity index (χ1n) is 5.21. The topological polar surface area (TPSA) is 63.8 Å². The van der Waals surface area contributed by atoms with Crippen LogP contribution in [0.4, 0.5) is 11.5 Å². The van der Waals surface area contributed by atoms with Crippen molar-refractivity contribution < 1.29 is 0 Å². The summed E-state index contributed by atoms with van der Waals surface area (Å²) in [6, 6.07) is 1.69. The Morgan fingerprint density at radius 3 is 3.00 bits per heavy atom. The maximum Gasteiger partial charge on any atom is 0.149 e. The molecule has 0 saturated carbocycles. The molecule has 2 aromatic rings. The number of pyridine rings is 1. The lowest BCUT2D eigenvalue weighted by atomic mass is 10.2. The summed E-state index contributed by atoms with van der Waals surface area (Å²) >= 11 is 7.43. The van der Waals surface area contributed by atoms with E-state index in [-0.39, 0.29) is 0 Å². The molecule has 0 aliphatic carbocycles. The third-order valence-corrected chi connectivity index (χ3v) is 3.55. The molecule has 0 spiro atoms. The molecule has 0 bridgehead atoms. The molecule has 1 unspecified atom stereocenters. The molecular formula is C11H13ClN4S. The van der Waals surface area contributed by atoms with E-state index in [1.54, 1.807) is 23.6 Å². The number of nitrogens with two attached hydrogens (primary N) is 1. The van der Waals surface area contributed by atoms with Crippen molar-refractivity contribution in [3.05, 3.63) is 33.9 Å². The lowest BCUT2D eigenvalue weighted by molar-refractivity contribution is 0.792. The van der Waals surface area contributed by atoms with Crippen LogP contribution in [0.25, 0.3) is 0 Å². The van der Waals surface area contributed by atoms with E-state index in [0.717, 1.165) is 11.6 Å². The molecular weight excluding hydrogens is 256 g/mol. The zero-order valence-electron chi connectivity index (χ0n) is 9.35. The second kappa shape index (κ2) is 5.33. The molecule has 6 heteroatoms. The lowest BCUT2D eigenvalue weighted by Gasteiger charge is -2.12. The number of aromatic nitrogens is 2. The van der Waals surface area contributed by atoms with Crippen LogP contribution in [-0.2, 0) is 0 Å². The Hall–Kier alpha value is -1.33. The van der Waals surface area contributed by atoms with Gasteiger partial charge in [0.15, 0.2) is 0 Å². The van der Waals surface area contributed by atoms with Crippen molar-refractivity contribution >= 4 is 34.4 Å². The Balaban J connectivity index is 1.98. The van der Waals surface area contributed by atoms with Gasteiger partial charge in [0.25, 0.3) is 0 Å². The van der Waals surface area contributed by atoms with E-state index in [1.165, 1.54) is 0 Å². The Kier molecular flexibility index (Phi) is 3.81. The number of nitrogen functional groups attached to an aromatic ring is 1. The molecule has 4 nitrogen and oxygen atoms in total. The SMILES string of the molecule is CC(CNc1ncc(Cl)cc1N)c1nccs1. The number of thiazole rings is 1.